The molecule has 21 heavy (non-hydrogen) atoms. The normalized spacial score (nSPS) is 16.6. The summed E-state index contributed by atoms with van der Waals surface area (Å²) in [7, 11) is -2.06. The quantitative estimate of drug-likeness (QED) is 0.780. The van der Waals surface area contributed by atoms with Crippen molar-refractivity contribution >= 4 is 16.0 Å². The number of rotatable bonds is 5. The van der Waals surface area contributed by atoms with Crippen molar-refractivity contribution in [2.75, 3.05) is 20.2 Å². The van der Waals surface area contributed by atoms with Crippen molar-refractivity contribution in [3.8, 4) is 0 Å². The van der Waals surface area contributed by atoms with Gasteiger partial charge in [0.2, 0.25) is 10.0 Å². The molecule has 1 fully saturated rings. The average Bonchev–Trinajstić information content (AvgIpc) is 2.47. The Bertz CT molecular complexity index is 577. The molecule has 0 bridgehead atoms. The van der Waals surface area contributed by atoms with E-state index in [2.05, 4.69) is 14.8 Å². The van der Waals surface area contributed by atoms with E-state index in [-0.39, 0.29) is 11.8 Å². The van der Waals surface area contributed by atoms with E-state index in [0.29, 0.717) is 11.1 Å². The van der Waals surface area contributed by atoms with Gasteiger partial charge in [-0.2, -0.15) is 0 Å². The first-order valence-corrected chi connectivity index (χ1v) is 8.53. The Hall–Kier alpha value is -1.44. The molecule has 1 aliphatic heterocycles. The largest absolute Gasteiger partial charge is 0.465 e. The highest BCUT2D eigenvalue weighted by molar-refractivity contribution is 7.88. The van der Waals surface area contributed by atoms with Crippen LogP contribution >= 0.6 is 0 Å². The summed E-state index contributed by atoms with van der Waals surface area (Å²) < 4.78 is 31.6. The van der Waals surface area contributed by atoms with Crippen molar-refractivity contribution in [1.29, 1.82) is 0 Å². The lowest BCUT2D eigenvalue weighted by molar-refractivity contribution is 0.0600. The third-order valence-electron chi connectivity index (χ3n) is 3.42. The Balaban J connectivity index is 1.97. The van der Waals surface area contributed by atoms with Crippen LogP contribution in [0.1, 0.15) is 28.8 Å². The number of benzene rings is 1. The second-order valence-corrected chi connectivity index (χ2v) is 6.84. The maximum absolute atomic E-state index is 12.1. The maximum atomic E-state index is 12.1. The van der Waals surface area contributed by atoms with Gasteiger partial charge in [-0.05, 0) is 43.6 Å². The number of piperidine rings is 1. The fourth-order valence-corrected chi connectivity index (χ4v) is 3.77. The number of sulfonamides is 1. The van der Waals surface area contributed by atoms with Crippen molar-refractivity contribution in [3.05, 3.63) is 35.4 Å². The molecular formula is C14H20N2O4S. The van der Waals surface area contributed by atoms with Crippen molar-refractivity contribution in [3.63, 3.8) is 0 Å². The SMILES string of the molecule is COC(=O)c1ccc(CS(=O)(=O)NC2CCNCC2)cc1. The summed E-state index contributed by atoms with van der Waals surface area (Å²) in [4.78, 5) is 11.3. The number of methoxy groups -OCH3 is 1. The molecule has 2 N–H and O–H groups in total. The third-order valence-corrected chi connectivity index (χ3v) is 4.82. The molecule has 0 aliphatic carbocycles. The van der Waals surface area contributed by atoms with Gasteiger partial charge in [-0.3, -0.25) is 0 Å². The van der Waals surface area contributed by atoms with Crippen LogP contribution in [0.25, 0.3) is 0 Å². The van der Waals surface area contributed by atoms with E-state index in [1.165, 1.54) is 7.11 Å². The fraction of sp³-hybridized carbons (Fsp3) is 0.500. The van der Waals surface area contributed by atoms with E-state index in [1.54, 1.807) is 24.3 Å². The Kier molecular flexibility index (Phi) is 5.33. The third kappa shape index (κ3) is 4.80. The number of ether oxygens (including phenoxy) is 1. The van der Waals surface area contributed by atoms with E-state index < -0.39 is 16.0 Å². The molecule has 0 atom stereocenters. The van der Waals surface area contributed by atoms with Crippen LogP contribution in [0.15, 0.2) is 24.3 Å². The summed E-state index contributed by atoms with van der Waals surface area (Å²) in [5, 5.41) is 3.19. The Labute approximate surface area is 124 Å². The monoisotopic (exact) mass is 312 g/mol. The number of nitrogens with one attached hydrogen (secondary N) is 2. The van der Waals surface area contributed by atoms with Gasteiger partial charge in [0.05, 0.1) is 18.4 Å². The van der Waals surface area contributed by atoms with Crippen molar-refractivity contribution in [2.45, 2.75) is 24.6 Å². The summed E-state index contributed by atoms with van der Waals surface area (Å²) in [5.74, 6) is -0.518. The number of hydrogen-bond donors (Lipinski definition) is 2. The van der Waals surface area contributed by atoms with E-state index in [0.717, 1.165) is 25.9 Å². The number of esters is 1. The second-order valence-electron chi connectivity index (χ2n) is 5.09. The van der Waals surface area contributed by atoms with Gasteiger partial charge in [0, 0.05) is 6.04 Å². The number of carbonyl (C=O) groups excluding carboxylic acids is 1. The molecule has 1 saturated heterocycles. The fourth-order valence-electron chi connectivity index (χ4n) is 2.31. The summed E-state index contributed by atoms with van der Waals surface area (Å²) in [5.41, 5.74) is 1.05. The van der Waals surface area contributed by atoms with E-state index in [1.807, 2.05) is 0 Å². The van der Waals surface area contributed by atoms with Crippen LogP contribution < -0.4 is 10.0 Å². The van der Waals surface area contributed by atoms with Crippen molar-refractivity contribution in [2.24, 2.45) is 0 Å². The highest BCUT2D eigenvalue weighted by Crippen LogP contribution is 2.11. The van der Waals surface area contributed by atoms with Crippen LogP contribution in [0, 0.1) is 0 Å². The molecule has 2 rings (SSSR count). The standard InChI is InChI=1S/C14H20N2O4S/c1-20-14(17)12-4-2-11(3-5-12)10-21(18,19)16-13-6-8-15-9-7-13/h2-5,13,15-16H,6-10H2,1H3. The summed E-state index contributed by atoms with van der Waals surface area (Å²) in [6.07, 6.45) is 1.61. The van der Waals surface area contributed by atoms with Crippen LogP contribution in [0.3, 0.4) is 0 Å². The molecule has 1 aliphatic rings. The molecular weight excluding hydrogens is 292 g/mol. The van der Waals surface area contributed by atoms with Gasteiger partial charge < -0.3 is 10.1 Å². The van der Waals surface area contributed by atoms with Crippen molar-refractivity contribution in [1.82, 2.24) is 10.0 Å². The highest BCUT2D eigenvalue weighted by atomic mass is 32.2. The van der Waals surface area contributed by atoms with Crippen LogP contribution in [0.4, 0.5) is 0 Å². The van der Waals surface area contributed by atoms with Gasteiger partial charge >= 0.3 is 5.97 Å². The molecule has 0 saturated carbocycles. The molecule has 6 nitrogen and oxygen atoms in total. The first-order valence-electron chi connectivity index (χ1n) is 6.88. The Morgan fingerprint density at radius 3 is 2.48 bits per heavy atom. The van der Waals surface area contributed by atoms with Crippen molar-refractivity contribution < 1.29 is 17.9 Å². The van der Waals surface area contributed by atoms with Crippen LogP contribution in [-0.4, -0.2) is 40.6 Å². The molecule has 116 valence electrons. The molecule has 0 unspecified atom stereocenters. The lowest BCUT2D eigenvalue weighted by Gasteiger charge is -2.23. The lowest BCUT2D eigenvalue weighted by Crippen LogP contribution is -2.43. The van der Waals surface area contributed by atoms with E-state index in [9.17, 15) is 13.2 Å². The van der Waals surface area contributed by atoms with Gasteiger partial charge in [-0.1, -0.05) is 12.1 Å². The van der Waals surface area contributed by atoms with Gasteiger partial charge in [0.15, 0.2) is 0 Å². The minimum absolute atomic E-state index is 0.00518. The number of carbonyl (C=O) groups is 1. The maximum Gasteiger partial charge on any atom is 0.337 e. The first-order chi connectivity index (χ1) is 10.00. The van der Waals surface area contributed by atoms with Crippen LogP contribution in [0.2, 0.25) is 0 Å². The summed E-state index contributed by atoms with van der Waals surface area (Å²) in [6, 6.07) is 6.41. The molecule has 0 amide bonds. The van der Waals surface area contributed by atoms with Crippen LogP contribution in [-0.2, 0) is 20.5 Å². The number of hydrogen-bond acceptors (Lipinski definition) is 5. The topological polar surface area (TPSA) is 84.5 Å². The molecule has 1 aromatic rings. The molecule has 0 radical (unpaired) electrons. The van der Waals surface area contributed by atoms with Gasteiger partial charge in [-0.15, -0.1) is 0 Å². The zero-order chi connectivity index (χ0) is 15.3. The lowest BCUT2D eigenvalue weighted by atomic mass is 10.1. The first kappa shape index (κ1) is 15.9. The Morgan fingerprint density at radius 1 is 1.29 bits per heavy atom. The Morgan fingerprint density at radius 2 is 1.90 bits per heavy atom. The predicted octanol–water partition coefficient (Wildman–Crippen LogP) is 0.645. The summed E-state index contributed by atoms with van der Waals surface area (Å²) in [6.45, 7) is 1.67. The van der Waals surface area contributed by atoms with E-state index in [4.69, 9.17) is 0 Å². The van der Waals surface area contributed by atoms with Gasteiger partial charge in [0.1, 0.15) is 0 Å². The minimum atomic E-state index is -3.37. The van der Waals surface area contributed by atoms with Gasteiger partial charge in [-0.25, -0.2) is 17.9 Å². The highest BCUT2D eigenvalue weighted by Gasteiger charge is 2.20. The zero-order valence-corrected chi connectivity index (χ0v) is 12.8. The molecule has 1 aromatic carbocycles. The second kappa shape index (κ2) is 7.02. The summed E-state index contributed by atoms with van der Waals surface area (Å²) >= 11 is 0. The van der Waals surface area contributed by atoms with Crippen LogP contribution in [0.5, 0.6) is 0 Å². The van der Waals surface area contributed by atoms with Gasteiger partial charge in [0.25, 0.3) is 0 Å². The molecule has 1 heterocycles. The molecule has 0 spiro atoms. The minimum Gasteiger partial charge on any atom is -0.465 e. The predicted molar refractivity (Wildman–Crippen MR) is 79.4 cm³/mol. The molecule has 0 aromatic heterocycles. The molecule has 7 heteroatoms. The zero-order valence-electron chi connectivity index (χ0n) is 12.0. The smallest absolute Gasteiger partial charge is 0.337 e. The average molecular weight is 312 g/mol. The van der Waals surface area contributed by atoms with E-state index >= 15 is 0 Å².